The van der Waals surface area contributed by atoms with Crippen LogP contribution in [0.3, 0.4) is 0 Å². The molecule has 22 heavy (non-hydrogen) atoms. The second kappa shape index (κ2) is 7.23. The largest absolute Gasteiger partial charge is 0.324 e. The molecule has 5 nitrogen and oxygen atoms in total. The molecule has 2 rings (SSSR count). The van der Waals surface area contributed by atoms with Gasteiger partial charge < -0.3 is 9.88 Å². The van der Waals surface area contributed by atoms with E-state index in [2.05, 4.69) is 5.32 Å². The van der Waals surface area contributed by atoms with Crippen LogP contribution < -0.4 is 10.9 Å². The van der Waals surface area contributed by atoms with Crippen molar-refractivity contribution in [3.05, 3.63) is 64.6 Å². The van der Waals surface area contributed by atoms with Gasteiger partial charge in [-0.15, -0.1) is 0 Å². The van der Waals surface area contributed by atoms with Crippen LogP contribution in [0.1, 0.15) is 31.4 Å². The molecule has 1 heterocycles. The van der Waals surface area contributed by atoms with Crippen molar-refractivity contribution in [2.24, 2.45) is 0 Å². The first kappa shape index (κ1) is 15.5. The Morgan fingerprint density at radius 3 is 2.59 bits per heavy atom. The predicted molar refractivity (Wildman–Crippen MR) is 84.4 cm³/mol. The van der Waals surface area contributed by atoms with Crippen molar-refractivity contribution in [2.75, 3.05) is 5.32 Å². The molecule has 1 atom stereocenters. The van der Waals surface area contributed by atoms with Gasteiger partial charge in [0, 0.05) is 18.0 Å². The third kappa shape index (κ3) is 3.61. The number of hydrogen-bond acceptors (Lipinski definition) is 3. The van der Waals surface area contributed by atoms with Gasteiger partial charge in [0.2, 0.25) is 5.91 Å². The summed E-state index contributed by atoms with van der Waals surface area (Å²) in [5, 5.41) is 11.6. The Labute approximate surface area is 128 Å². The van der Waals surface area contributed by atoms with E-state index in [0.717, 1.165) is 6.42 Å². The Morgan fingerprint density at radius 1 is 1.27 bits per heavy atom. The van der Waals surface area contributed by atoms with E-state index in [1.165, 1.54) is 10.6 Å². The minimum atomic E-state index is -0.547. The topological polar surface area (TPSA) is 74.9 Å². The molecule has 112 valence electrons. The molecule has 1 N–H and O–H groups in total. The maximum absolute atomic E-state index is 12.5. The molecule has 1 aromatic heterocycles. The molecule has 1 aromatic carbocycles. The molecule has 0 fully saturated rings. The Balaban J connectivity index is 2.21. The van der Waals surface area contributed by atoms with Crippen LogP contribution in [-0.4, -0.2) is 10.5 Å². The fourth-order valence-corrected chi connectivity index (χ4v) is 2.22. The maximum Gasteiger partial charge on any atom is 0.251 e. The number of nitrogens with one attached hydrogen (secondary N) is 1. The first-order valence-corrected chi connectivity index (χ1v) is 7.14. The lowest BCUT2D eigenvalue weighted by Gasteiger charge is -2.18. The number of anilines is 1. The summed E-state index contributed by atoms with van der Waals surface area (Å²) in [5.74, 6) is -0.236. The molecule has 1 unspecified atom stereocenters. The maximum atomic E-state index is 12.5. The van der Waals surface area contributed by atoms with Crippen LogP contribution in [0.15, 0.2) is 53.5 Å². The zero-order valence-corrected chi connectivity index (χ0v) is 12.3. The first-order chi connectivity index (χ1) is 10.7. The van der Waals surface area contributed by atoms with Crippen molar-refractivity contribution >= 4 is 11.6 Å². The van der Waals surface area contributed by atoms with Gasteiger partial charge in [0.1, 0.15) is 6.04 Å². The summed E-state index contributed by atoms with van der Waals surface area (Å²) < 4.78 is 1.45. The number of amides is 1. The molecule has 0 bridgehead atoms. The van der Waals surface area contributed by atoms with Gasteiger partial charge in [-0.25, -0.2) is 0 Å². The highest BCUT2D eigenvalue weighted by Gasteiger charge is 2.20. The zero-order chi connectivity index (χ0) is 15.9. The van der Waals surface area contributed by atoms with Gasteiger partial charge in [-0.3, -0.25) is 9.59 Å². The Hall–Kier alpha value is -2.87. The van der Waals surface area contributed by atoms with Crippen molar-refractivity contribution in [2.45, 2.75) is 25.8 Å². The summed E-state index contributed by atoms with van der Waals surface area (Å²) >= 11 is 0. The zero-order valence-electron chi connectivity index (χ0n) is 12.3. The van der Waals surface area contributed by atoms with Crippen LogP contribution in [0.4, 0.5) is 5.69 Å². The van der Waals surface area contributed by atoms with Crippen LogP contribution in [0, 0.1) is 11.3 Å². The van der Waals surface area contributed by atoms with Crippen LogP contribution in [0.25, 0.3) is 0 Å². The fourth-order valence-electron chi connectivity index (χ4n) is 2.22. The minimum Gasteiger partial charge on any atom is -0.324 e. The summed E-state index contributed by atoms with van der Waals surface area (Å²) in [4.78, 5) is 24.4. The molecule has 1 amide bonds. The number of benzene rings is 1. The van der Waals surface area contributed by atoms with E-state index >= 15 is 0 Å². The number of pyridine rings is 1. The number of hydrogen-bond donors (Lipinski definition) is 1. The lowest BCUT2D eigenvalue weighted by atomic mass is 10.1. The van der Waals surface area contributed by atoms with E-state index in [9.17, 15) is 9.59 Å². The number of carbonyl (C=O) groups excluding carboxylic acids is 1. The summed E-state index contributed by atoms with van der Waals surface area (Å²) in [6.45, 7) is 1.97. The average Bonchev–Trinajstić information content (AvgIpc) is 2.54. The number of rotatable bonds is 5. The van der Waals surface area contributed by atoms with Crippen molar-refractivity contribution in [1.29, 1.82) is 5.26 Å². The lowest BCUT2D eigenvalue weighted by Crippen LogP contribution is -2.32. The molecule has 0 saturated heterocycles. The summed E-state index contributed by atoms with van der Waals surface area (Å²) in [5.41, 5.74) is 0.937. The number of nitrogens with zero attached hydrogens (tertiary/aromatic N) is 2. The SMILES string of the molecule is CCCC(C(=O)Nc1ccc(C#N)cc1)n1ccccc1=O. The second-order valence-electron chi connectivity index (χ2n) is 4.93. The molecular weight excluding hydrogens is 278 g/mol. The standard InChI is InChI=1S/C17H17N3O2/c1-2-5-15(20-11-4-3-6-16(20)21)17(22)19-14-9-7-13(12-18)8-10-14/h3-4,6-11,15H,2,5H2,1H3,(H,19,22). The first-order valence-electron chi connectivity index (χ1n) is 7.14. The van der Waals surface area contributed by atoms with E-state index in [1.54, 1.807) is 42.6 Å². The van der Waals surface area contributed by atoms with Crippen molar-refractivity contribution < 1.29 is 4.79 Å². The Kier molecular flexibility index (Phi) is 5.10. The third-order valence-electron chi connectivity index (χ3n) is 3.33. The van der Waals surface area contributed by atoms with Gasteiger partial charge in [0.05, 0.1) is 11.6 Å². The van der Waals surface area contributed by atoms with Gasteiger partial charge in [0.15, 0.2) is 0 Å². The molecule has 5 heteroatoms. The second-order valence-corrected chi connectivity index (χ2v) is 4.93. The lowest BCUT2D eigenvalue weighted by molar-refractivity contribution is -0.119. The minimum absolute atomic E-state index is 0.198. The van der Waals surface area contributed by atoms with Gasteiger partial charge in [-0.1, -0.05) is 19.4 Å². The van der Waals surface area contributed by atoms with Gasteiger partial charge >= 0.3 is 0 Å². The Morgan fingerprint density at radius 2 is 2.00 bits per heavy atom. The van der Waals surface area contributed by atoms with Crippen molar-refractivity contribution in [1.82, 2.24) is 4.57 Å². The van der Waals surface area contributed by atoms with Crippen LogP contribution >= 0.6 is 0 Å². The molecule has 0 saturated carbocycles. The quantitative estimate of drug-likeness (QED) is 0.921. The predicted octanol–water partition coefficient (Wildman–Crippen LogP) is 2.70. The van der Waals surface area contributed by atoms with E-state index < -0.39 is 6.04 Å². The number of nitriles is 1. The molecular formula is C17H17N3O2. The highest BCUT2D eigenvalue weighted by Crippen LogP contribution is 2.16. The average molecular weight is 295 g/mol. The smallest absolute Gasteiger partial charge is 0.251 e. The third-order valence-corrected chi connectivity index (χ3v) is 3.33. The van der Waals surface area contributed by atoms with Crippen LogP contribution in [0.2, 0.25) is 0 Å². The summed E-state index contributed by atoms with van der Waals surface area (Å²) in [6.07, 6.45) is 2.99. The molecule has 0 spiro atoms. The molecule has 0 radical (unpaired) electrons. The van der Waals surface area contributed by atoms with Gasteiger partial charge in [-0.05, 0) is 36.8 Å². The number of aromatic nitrogens is 1. The van der Waals surface area contributed by atoms with Crippen LogP contribution in [-0.2, 0) is 4.79 Å². The van der Waals surface area contributed by atoms with E-state index in [1.807, 2.05) is 13.0 Å². The highest BCUT2D eigenvalue weighted by atomic mass is 16.2. The van der Waals surface area contributed by atoms with E-state index in [-0.39, 0.29) is 11.5 Å². The number of carbonyl (C=O) groups is 1. The Bertz CT molecular complexity index is 741. The van der Waals surface area contributed by atoms with Crippen molar-refractivity contribution in [3.63, 3.8) is 0 Å². The highest BCUT2D eigenvalue weighted by molar-refractivity contribution is 5.93. The monoisotopic (exact) mass is 295 g/mol. The molecule has 2 aromatic rings. The van der Waals surface area contributed by atoms with Gasteiger partial charge in [0.25, 0.3) is 5.56 Å². The van der Waals surface area contributed by atoms with Crippen LogP contribution in [0.5, 0.6) is 0 Å². The van der Waals surface area contributed by atoms with E-state index in [4.69, 9.17) is 5.26 Å². The molecule has 0 aliphatic rings. The molecule has 0 aliphatic carbocycles. The normalized spacial score (nSPS) is 11.5. The van der Waals surface area contributed by atoms with Crippen molar-refractivity contribution in [3.8, 4) is 6.07 Å². The summed E-state index contributed by atoms with van der Waals surface area (Å²) in [6, 6.07) is 12.9. The molecule has 0 aliphatic heterocycles. The summed E-state index contributed by atoms with van der Waals surface area (Å²) in [7, 11) is 0. The fraction of sp³-hybridized carbons (Fsp3) is 0.235. The van der Waals surface area contributed by atoms with Gasteiger partial charge in [-0.2, -0.15) is 5.26 Å². The van der Waals surface area contributed by atoms with E-state index in [0.29, 0.717) is 17.7 Å².